The van der Waals surface area contributed by atoms with Crippen LogP contribution in [-0.2, 0) is 9.53 Å². The van der Waals surface area contributed by atoms with Gasteiger partial charge in [-0.15, -0.1) is 0 Å². The van der Waals surface area contributed by atoms with Crippen molar-refractivity contribution in [2.75, 3.05) is 6.61 Å². The maximum atomic E-state index is 11.0. The molecule has 1 aliphatic rings. The molecule has 2 nitrogen and oxygen atoms in total. The van der Waals surface area contributed by atoms with Crippen molar-refractivity contribution in [2.45, 2.75) is 32.6 Å². The predicted molar refractivity (Wildman–Crippen MR) is 56.9 cm³/mol. The molecule has 0 amide bonds. The van der Waals surface area contributed by atoms with Gasteiger partial charge in [0.05, 0.1) is 0 Å². The summed E-state index contributed by atoms with van der Waals surface area (Å²) < 4.78 is 4.94. The van der Waals surface area contributed by atoms with Crippen molar-refractivity contribution in [3.8, 4) is 0 Å². The Morgan fingerprint density at radius 1 is 1.50 bits per heavy atom. The number of ether oxygens (including phenoxy) is 1. The molecule has 0 unspecified atom stereocenters. The normalized spacial score (nSPS) is 17.5. The molecule has 2 heteroatoms. The first kappa shape index (κ1) is 11.0. The van der Waals surface area contributed by atoms with Crippen molar-refractivity contribution >= 4 is 5.97 Å². The minimum Gasteiger partial charge on any atom is -0.458 e. The molecule has 14 heavy (non-hydrogen) atoms. The molecule has 1 rings (SSSR count). The van der Waals surface area contributed by atoms with E-state index in [2.05, 4.69) is 12.7 Å². The molecule has 1 saturated carbocycles. The molecule has 0 aromatic carbocycles. The summed E-state index contributed by atoms with van der Waals surface area (Å²) in [6.07, 6.45) is 9.34. The summed E-state index contributed by atoms with van der Waals surface area (Å²) >= 11 is 0. The second-order valence-corrected chi connectivity index (χ2v) is 3.85. The van der Waals surface area contributed by atoms with E-state index in [0.717, 1.165) is 0 Å². The molecule has 0 bridgehead atoms. The highest BCUT2D eigenvalue weighted by atomic mass is 16.5. The van der Waals surface area contributed by atoms with Gasteiger partial charge >= 0.3 is 5.97 Å². The highest BCUT2D eigenvalue weighted by Crippen LogP contribution is 2.25. The minimum atomic E-state index is -0.305. The predicted octanol–water partition coefficient (Wildman–Crippen LogP) is 2.85. The molecule has 78 valence electrons. The van der Waals surface area contributed by atoms with Gasteiger partial charge in [-0.2, -0.15) is 0 Å². The third kappa shape index (κ3) is 3.77. The summed E-state index contributed by atoms with van der Waals surface area (Å²) in [6.45, 7) is 5.55. The van der Waals surface area contributed by atoms with E-state index < -0.39 is 0 Å². The van der Waals surface area contributed by atoms with E-state index in [0.29, 0.717) is 18.1 Å². The standard InChI is InChI=1S/C12H18O2/c1-10(2)12(13)14-9-5-8-11-6-3-4-7-11/h5,8,11H,1,3-4,6-7,9H2,2H3. The summed E-state index contributed by atoms with van der Waals surface area (Å²) in [7, 11) is 0. The Morgan fingerprint density at radius 2 is 2.14 bits per heavy atom. The molecule has 0 atom stereocenters. The van der Waals surface area contributed by atoms with Crippen molar-refractivity contribution in [3.05, 3.63) is 24.3 Å². The first-order valence-corrected chi connectivity index (χ1v) is 5.19. The van der Waals surface area contributed by atoms with Crippen LogP contribution in [0.25, 0.3) is 0 Å². The van der Waals surface area contributed by atoms with Gasteiger partial charge in [0.15, 0.2) is 0 Å². The zero-order chi connectivity index (χ0) is 10.4. The highest BCUT2D eigenvalue weighted by Gasteiger charge is 2.10. The van der Waals surface area contributed by atoms with Crippen LogP contribution in [0.15, 0.2) is 24.3 Å². The van der Waals surface area contributed by atoms with Crippen LogP contribution in [0.3, 0.4) is 0 Å². The van der Waals surface area contributed by atoms with Crippen molar-refractivity contribution < 1.29 is 9.53 Å². The van der Waals surface area contributed by atoms with E-state index >= 15 is 0 Å². The summed E-state index contributed by atoms with van der Waals surface area (Å²) in [4.78, 5) is 11.0. The number of hydrogen-bond donors (Lipinski definition) is 0. The Labute approximate surface area is 85.6 Å². The van der Waals surface area contributed by atoms with Crippen LogP contribution in [-0.4, -0.2) is 12.6 Å². The lowest BCUT2D eigenvalue weighted by atomic mass is 10.1. The second-order valence-electron chi connectivity index (χ2n) is 3.85. The fraction of sp³-hybridized carbons (Fsp3) is 0.583. The van der Waals surface area contributed by atoms with Crippen molar-refractivity contribution in [3.63, 3.8) is 0 Å². The van der Waals surface area contributed by atoms with Gasteiger partial charge in [0.1, 0.15) is 6.61 Å². The quantitative estimate of drug-likeness (QED) is 0.391. The maximum Gasteiger partial charge on any atom is 0.333 e. The molecular weight excluding hydrogens is 176 g/mol. The van der Waals surface area contributed by atoms with E-state index in [4.69, 9.17) is 4.74 Å². The number of rotatable bonds is 4. The molecular formula is C12H18O2. The molecule has 0 aromatic heterocycles. The molecule has 1 aliphatic carbocycles. The molecule has 1 fully saturated rings. The van der Waals surface area contributed by atoms with E-state index in [9.17, 15) is 4.79 Å². The smallest absolute Gasteiger partial charge is 0.333 e. The summed E-state index contributed by atoms with van der Waals surface area (Å²) in [6, 6.07) is 0. The van der Waals surface area contributed by atoms with E-state index in [1.165, 1.54) is 25.7 Å². The summed E-state index contributed by atoms with van der Waals surface area (Å²) in [5.41, 5.74) is 0.458. The SMILES string of the molecule is C=C(C)C(=O)OCC=CC1CCCC1. The Kier molecular flexibility index (Phi) is 4.44. The molecule has 0 saturated heterocycles. The Balaban J connectivity index is 2.13. The summed E-state index contributed by atoms with van der Waals surface area (Å²) in [5, 5.41) is 0. The van der Waals surface area contributed by atoms with Gasteiger partial charge in [-0.3, -0.25) is 0 Å². The minimum absolute atomic E-state index is 0.305. The lowest BCUT2D eigenvalue weighted by Gasteiger charge is -2.02. The first-order valence-electron chi connectivity index (χ1n) is 5.19. The van der Waals surface area contributed by atoms with Gasteiger partial charge in [0.25, 0.3) is 0 Å². The molecule has 0 spiro atoms. The topological polar surface area (TPSA) is 26.3 Å². The van der Waals surface area contributed by atoms with Crippen LogP contribution >= 0.6 is 0 Å². The second kappa shape index (κ2) is 5.63. The number of esters is 1. The van der Waals surface area contributed by atoms with Gasteiger partial charge in [0, 0.05) is 5.57 Å². The number of carbonyl (C=O) groups is 1. The van der Waals surface area contributed by atoms with Crippen LogP contribution in [0.5, 0.6) is 0 Å². The van der Waals surface area contributed by atoms with Gasteiger partial charge in [-0.1, -0.05) is 31.6 Å². The Bertz CT molecular complexity index is 235. The maximum absolute atomic E-state index is 11.0. The fourth-order valence-electron chi connectivity index (χ4n) is 1.64. The Morgan fingerprint density at radius 3 is 2.71 bits per heavy atom. The van der Waals surface area contributed by atoms with Crippen molar-refractivity contribution in [1.29, 1.82) is 0 Å². The summed E-state index contributed by atoms with van der Waals surface area (Å²) in [5.74, 6) is 0.402. The highest BCUT2D eigenvalue weighted by molar-refractivity contribution is 5.86. The average molecular weight is 194 g/mol. The first-order chi connectivity index (χ1) is 6.70. The molecule has 0 aromatic rings. The van der Waals surface area contributed by atoms with Gasteiger partial charge in [-0.05, 0) is 25.7 Å². The van der Waals surface area contributed by atoms with Gasteiger partial charge in [-0.25, -0.2) is 4.79 Å². The van der Waals surface area contributed by atoms with Crippen LogP contribution in [0.2, 0.25) is 0 Å². The number of allylic oxidation sites excluding steroid dienone is 1. The zero-order valence-corrected chi connectivity index (χ0v) is 8.79. The van der Waals surface area contributed by atoms with Crippen LogP contribution in [0.1, 0.15) is 32.6 Å². The zero-order valence-electron chi connectivity index (χ0n) is 8.79. The fourth-order valence-corrected chi connectivity index (χ4v) is 1.64. The van der Waals surface area contributed by atoms with Crippen LogP contribution in [0, 0.1) is 5.92 Å². The number of carbonyl (C=O) groups excluding carboxylic acids is 1. The number of hydrogen-bond acceptors (Lipinski definition) is 2. The van der Waals surface area contributed by atoms with E-state index in [-0.39, 0.29) is 5.97 Å². The third-order valence-electron chi connectivity index (χ3n) is 2.47. The lowest BCUT2D eigenvalue weighted by molar-refractivity contribution is -0.137. The lowest BCUT2D eigenvalue weighted by Crippen LogP contribution is -2.04. The van der Waals surface area contributed by atoms with Gasteiger partial charge < -0.3 is 4.74 Å². The Hall–Kier alpha value is -1.05. The van der Waals surface area contributed by atoms with Gasteiger partial charge in [0.2, 0.25) is 0 Å². The molecule has 0 radical (unpaired) electrons. The third-order valence-corrected chi connectivity index (χ3v) is 2.47. The van der Waals surface area contributed by atoms with Crippen molar-refractivity contribution in [2.24, 2.45) is 5.92 Å². The van der Waals surface area contributed by atoms with Crippen molar-refractivity contribution in [1.82, 2.24) is 0 Å². The van der Waals surface area contributed by atoms with E-state index in [1.807, 2.05) is 6.08 Å². The molecule has 0 aliphatic heterocycles. The molecule has 0 heterocycles. The largest absolute Gasteiger partial charge is 0.458 e. The van der Waals surface area contributed by atoms with Crippen LogP contribution in [0.4, 0.5) is 0 Å². The average Bonchev–Trinajstić information content (AvgIpc) is 2.64. The monoisotopic (exact) mass is 194 g/mol. The van der Waals surface area contributed by atoms with E-state index in [1.54, 1.807) is 6.92 Å². The van der Waals surface area contributed by atoms with Crippen LogP contribution < -0.4 is 0 Å². The molecule has 0 N–H and O–H groups in total.